The lowest BCUT2D eigenvalue weighted by Gasteiger charge is -2.16. The molecule has 24 heavy (non-hydrogen) atoms. The van der Waals surface area contributed by atoms with Crippen LogP contribution in [0.3, 0.4) is 0 Å². The lowest BCUT2D eigenvalue weighted by Crippen LogP contribution is -2.23. The maximum Gasteiger partial charge on any atom is 0.257 e. The molecule has 0 radical (unpaired) electrons. The normalized spacial score (nSPS) is 14.1. The lowest BCUT2D eigenvalue weighted by molar-refractivity contribution is -0.117. The van der Waals surface area contributed by atoms with E-state index in [-0.39, 0.29) is 11.8 Å². The third kappa shape index (κ3) is 3.57. The van der Waals surface area contributed by atoms with E-state index in [1.165, 1.54) is 0 Å². The van der Waals surface area contributed by atoms with E-state index < -0.39 is 0 Å². The number of hydrogen-bond donors (Lipinski definition) is 1. The SMILES string of the molecule is CSc1ccc(Cl)c(C(=O)Nc2ccc(N3CCCC3=O)cc2)c1. The van der Waals surface area contributed by atoms with Crippen molar-refractivity contribution in [1.29, 1.82) is 0 Å². The summed E-state index contributed by atoms with van der Waals surface area (Å²) in [7, 11) is 0. The summed E-state index contributed by atoms with van der Waals surface area (Å²) in [6.45, 7) is 0.752. The molecule has 1 saturated heterocycles. The molecule has 1 aliphatic heterocycles. The Morgan fingerprint density at radius 2 is 1.96 bits per heavy atom. The molecule has 0 spiro atoms. The highest BCUT2D eigenvalue weighted by Gasteiger charge is 2.21. The smallest absolute Gasteiger partial charge is 0.257 e. The van der Waals surface area contributed by atoms with Crippen molar-refractivity contribution < 1.29 is 9.59 Å². The average molecular weight is 361 g/mol. The first-order valence-corrected chi connectivity index (χ1v) is 9.24. The fourth-order valence-electron chi connectivity index (χ4n) is 2.65. The highest BCUT2D eigenvalue weighted by atomic mass is 35.5. The molecule has 0 atom stereocenters. The zero-order chi connectivity index (χ0) is 17.1. The summed E-state index contributed by atoms with van der Waals surface area (Å²) in [5.74, 6) is -0.103. The van der Waals surface area contributed by atoms with E-state index in [9.17, 15) is 9.59 Å². The van der Waals surface area contributed by atoms with Crippen molar-refractivity contribution in [3.8, 4) is 0 Å². The summed E-state index contributed by atoms with van der Waals surface area (Å²) in [6.07, 6.45) is 3.44. The first kappa shape index (κ1) is 16.9. The Morgan fingerprint density at radius 1 is 1.21 bits per heavy atom. The lowest BCUT2D eigenvalue weighted by atomic mass is 10.2. The van der Waals surface area contributed by atoms with Crippen molar-refractivity contribution in [2.24, 2.45) is 0 Å². The van der Waals surface area contributed by atoms with E-state index in [0.717, 1.165) is 23.5 Å². The standard InChI is InChI=1S/C18H17ClN2O2S/c1-24-14-8-9-16(19)15(11-14)18(23)20-12-4-6-13(7-5-12)21-10-2-3-17(21)22/h4-9,11H,2-3,10H2,1H3,(H,20,23). The van der Waals surface area contributed by atoms with Gasteiger partial charge in [-0.3, -0.25) is 9.59 Å². The highest BCUT2D eigenvalue weighted by Crippen LogP contribution is 2.26. The van der Waals surface area contributed by atoms with Crippen LogP contribution in [0.2, 0.25) is 5.02 Å². The molecule has 3 rings (SSSR count). The molecule has 1 N–H and O–H groups in total. The maximum absolute atomic E-state index is 12.4. The molecule has 2 aromatic carbocycles. The van der Waals surface area contributed by atoms with Gasteiger partial charge in [0.2, 0.25) is 5.91 Å². The fraction of sp³-hybridized carbons (Fsp3) is 0.222. The highest BCUT2D eigenvalue weighted by molar-refractivity contribution is 7.98. The molecular weight excluding hydrogens is 344 g/mol. The molecule has 124 valence electrons. The molecule has 1 heterocycles. The van der Waals surface area contributed by atoms with Gasteiger partial charge >= 0.3 is 0 Å². The molecular formula is C18H17ClN2O2S. The Balaban J connectivity index is 1.74. The Morgan fingerprint density at radius 3 is 2.58 bits per heavy atom. The van der Waals surface area contributed by atoms with Gasteiger partial charge in [0.05, 0.1) is 10.6 Å². The van der Waals surface area contributed by atoms with Crippen molar-refractivity contribution in [1.82, 2.24) is 0 Å². The van der Waals surface area contributed by atoms with Crippen LogP contribution in [-0.4, -0.2) is 24.6 Å². The summed E-state index contributed by atoms with van der Waals surface area (Å²) in [6, 6.07) is 12.7. The number of benzene rings is 2. The predicted molar refractivity (Wildman–Crippen MR) is 99.2 cm³/mol. The van der Waals surface area contributed by atoms with E-state index in [1.54, 1.807) is 40.9 Å². The van der Waals surface area contributed by atoms with E-state index >= 15 is 0 Å². The van der Waals surface area contributed by atoms with Gasteiger partial charge in [-0.15, -0.1) is 11.8 Å². The minimum atomic E-state index is -0.249. The van der Waals surface area contributed by atoms with E-state index in [1.807, 2.05) is 24.5 Å². The summed E-state index contributed by atoms with van der Waals surface area (Å²) in [5, 5.41) is 3.26. The Bertz CT molecular complexity index is 777. The van der Waals surface area contributed by atoms with Gasteiger partial charge in [-0.25, -0.2) is 0 Å². The van der Waals surface area contributed by atoms with Crippen LogP contribution >= 0.6 is 23.4 Å². The molecule has 2 aromatic rings. The van der Waals surface area contributed by atoms with Gasteiger partial charge in [0.15, 0.2) is 0 Å². The maximum atomic E-state index is 12.4. The minimum absolute atomic E-state index is 0.146. The monoisotopic (exact) mass is 360 g/mol. The van der Waals surface area contributed by atoms with Crippen LogP contribution in [0.15, 0.2) is 47.4 Å². The molecule has 0 aliphatic carbocycles. The van der Waals surface area contributed by atoms with Crippen molar-refractivity contribution in [2.45, 2.75) is 17.7 Å². The largest absolute Gasteiger partial charge is 0.322 e. The number of carbonyl (C=O) groups is 2. The number of nitrogens with zero attached hydrogens (tertiary/aromatic N) is 1. The predicted octanol–water partition coefficient (Wildman–Crippen LogP) is 4.44. The van der Waals surface area contributed by atoms with Gasteiger partial charge in [-0.2, -0.15) is 0 Å². The summed E-state index contributed by atoms with van der Waals surface area (Å²) in [5.41, 5.74) is 1.97. The number of carbonyl (C=O) groups excluding carboxylic acids is 2. The second kappa shape index (κ2) is 7.28. The zero-order valence-electron chi connectivity index (χ0n) is 13.2. The summed E-state index contributed by atoms with van der Waals surface area (Å²) >= 11 is 7.68. The molecule has 0 unspecified atom stereocenters. The van der Waals surface area contributed by atoms with E-state index in [4.69, 9.17) is 11.6 Å². The number of hydrogen-bond acceptors (Lipinski definition) is 3. The Hall–Kier alpha value is -1.98. The van der Waals surface area contributed by atoms with Crippen LogP contribution in [0.1, 0.15) is 23.2 Å². The fourth-order valence-corrected chi connectivity index (χ4v) is 3.29. The minimum Gasteiger partial charge on any atom is -0.322 e. The second-order valence-electron chi connectivity index (χ2n) is 5.50. The summed E-state index contributed by atoms with van der Waals surface area (Å²) in [4.78, 5) is 26.9. The van der Waals surface area contributed by atoms with E-state index in [2.05, 4.69) is 5.32 Å². The number of halogens is 1. The topological polar surface area (TPSA) is 49.4 Å². The number of thioether (sulfide) groups is 1. The quantitative estimate of drug-likeness (QED) is 0.820. The molecule has 1 aliphatic rings. The van der Waals surface area contributed by atoms with Gasteiger partial charge < -0.3 is 10.2 Å². The van der Waals surface area contributed by atoms with Gasteiger partial charge in [-0.05, 0) is 55.1 Å². The first-order valence-electron chi connectivity index (χ1n) is 7.64. The Labute approximate surface area is 150 Å². The van der Waals surface area contributed by atoms with Crippen LogP contribution in [0.4, 0.5) is 11.4 Å². The summed E-state index contributed by atoms with van der Waals surface area (Å²) < 4.78 is 0. The second-order valence-corrected chi connectivity index (χ2v) is 6.78. The number of rotatable bonds is 4. The van der Waals surface area contributed by atoms with Gasteiger partial charge in [0, 0.05) is 29.2 Å². The zero-order valence-corrected chi connectivity index (χ0v) is 14.8. The van der Waals surface area contributed by atoms with Crippen molar-refractivity contribution >= 4 is 46.6 Å². The molecule has 0 saturated carbocycles. The van der Waals surface area contributed by atoms with Crippen LogP contribution in [-0.2, 0) is 4.79 Å². The molecule has 6 heteroatoms. The van der Waals surface area contributed by atoms with Crippen LogP contribution in [0.25, 0.3) is 0 Å². The van der Waals surface area contributed by atoms with Gasteiger partial charge in [0.25, 0.3) is 5.91 Å². The van der Waals surface area contributed by atoms with Crippen LogP contribution < -0.4 is 10.2 Å². The molecule has 1 fully saturated rings. The third-order valence-electron chi connectivity index (χ3n) is 3.93. The van der Waals surface area contributed by atoms with Crippen molar-refractivity contribution in [3.63, 3.8) is 0 Å². The Kier molecular flexibility index (Phi) is 5.11. The van der Waals surface area contributed by atoms with Gasteiger partial charge in [-0.1, -0.05) is 11.6 Å². The average Bonchev–Trinajstić information content (AvgIpc) is 3.02. The number of nitrogens with one attached hydrogen (secondary N) is 1. The molecule has 4 nitrogen and oxygen atoms in total. The third-order valence-corrected chi connectivity index (χ3v) is 4.98. The van der Waals surface area contributed by atoms with Crippen LogP contribution in [0, 0.1) is 0 Å². The number of amides is 2. The van der Waals surface area contributed by atoms with Gasteiger partial charge in [0.1, 0.15) is 0 Å². The molecule has 0 aromatic heterocycles. The molecule has 2 amide bonds. The van der Waals surface area contributed by atoms with Crippen molar-refractivity contribution in [2.75, 3.05) is 23.0 Å². The molecule has 0 bridgehead atoms. The first-order chi connectivity index (χ1) is 11.6. The van der Waals surface area contributed by atoms with E-state index in [0.29, 0.717) is 22.7 Å². The number of anilines is 2. The van der Waals surface area contributed by atoms with Crippen molar-refractivity contribution in [3.05, 3.63) is 53.1 Å². The van der Waals surface area contributed by atoms with Crippen LogP contribution in [0.5, 0.6) is 0 Å².